The van der Waals surface area contributed by atoms with Crippen LogP contribution in [0, 0.1) is 40.4 Å². The maximum Gasteiger partial charge on any atom is 0.0886 e. The first-order valence-electron chi connectivity index (χ1n) is 9.12. The van der Waals surface area contributed by atoms with Gasteiger partial charge in [-0.15, -0.1) is 0 Å². The lowest BCUT2D eigenvalue weighted by Gasteiger charge is -2.61. The lowest BCUT2D eigenvalue weighted by atomic mass is 9.44. The van der Waals surface area contributed by atoms with E-state index in [4.69, 9.17) is 0 Å². The molecular weight excluding hydrogens is 272 g/mol. The Balaban J connectivity index is 1.72. The van der Waals surface area contributed by atoms with E-state index in [0.717, 1.165) is 25.2 Å². The zero-order valence-corrected chi connectivity index (χ0v) is 14.1. The minimum Gasteiger partial charge on any atom is -0.513 e. The van der Waals surface area contributed by atoms with Crippen LogP contribution in [0.5, 0.6) is 0 Å². The van der Waals surface area contributed by atoms with Crippen molar-refractivity contribution in [2.24, 2.45) is 40.4 Å². The highest BCUT2D eigenvalue weighted by Crippen LogP contribution is 2.65. The SMILES string of the molecule is CC1CC2C=C(O)CC[C@]2(C)[C@@H]2CC[C@]3(C)C(O)C=C[C@H]3[C@H]12. The Hall–Kier alpha value is -0.760. The molecule has 2 fully saturated rings. The van der Waals surface area contributed by atoms with Gasteiger partial charge in [0, 0.05) is 11.8 Å². The molecule has 2 heteroatoms. The number of rotatable bonds is 0. The normalized spacial score (nSPS) is 56.8. The molecule has 4 rings (SSSR count). The van der Waals surface area contributed by atoms with Gasteiger partial charge in [-0.3, -0.25) is 0 Å². The molecule has 0 aliphatic heterocycles. The van der Waals surface area contributed by atoms with Crippen molar-refractivity contribution in [3.8, 4) is 0 Å². The van der Waals surface area contributed by atoms with Gasteiger partial charge >= 0.3 is 0 Å². The van der Waals surface area contributed by atoms with Gasteiger partial charge in [-0.05, 0) is 66.8 Å². The summed E-state index contributed by atoms with van der Waals surface area (Å²) in [6.45, 7) is 7.18. The number of aliphatic hydroxyl groups excluding tert-OH is 2. The second-order valence-corrected chi connectivity index (χ2v) is 9.07. The molecule has 0 aromatic rings. The molecule has 0 bridgehead atoms. The van der Waals surface area contributed by atoms with Gasteiger partial charge in [0.05, 0.1) is 11.9 Å². The topological polar surface area (TPSA) is 40.5 Å². The lowest BCUT2D eigenvalue weighted by Crippen LogP contribution is -2.55. The molecule has 0 spiro atoms. The van der Waals surface area contributed by atoms with Crippen molar-refractivity contribution >= 4 is 0 Å². The Bertz CT molecular complexity index is 536. The van der Waals surface area contributed by atoms with E-state index >= 15 is 0 Å². The molecule has 22 heavy (non-hydrogen) atoms. The highest BCUT2D eigenvalue weighted by atomic mass is 16.3. The van der Waals surface area contributed by atoms with Crippen LogP contribution in [0.1, 0.15) is 52.9 Å². The molecule has 0 heterocycles. The number of hydrogen-bond donors (Lipinski definition) is 2. The van der Waals surface area contributed by atoms with Crippen molar-refractivity contribution in [2.45, 2.75) is 59.0 Å². The van der Waals surface area contributed by atoms with Crippen molar-refractivity contribution in [1.29, 1.82) is 0 Å². The molecular formula is C20H30O2. The molecule has 3 unspecified atom stereocenters. The van der Waals surface area contributed by atoms with Gasteiger partial charge in [-0.2, -0.15) is 0 Å². The largest absolute Gasteiger partial charge is 0.513 e. The first kappa shape index (κ1) is 14.8. The van der Waals surface area contributed by atoms with Crippen molar-refractivity contribution < 1.29 is 10.2 Å². The second kappa shape index (κ2) is 4.63. The van der Waals surface area contributed by atoms with Crippen molar-refractivity contribution in [1.82, 2.24) is 0 Å². The van der Waals surface area contributed by atoms with E-state index in [-0.39, 0.29) is 11.5 Å². The molecule has 0 radical (unpaired) electrons. The molecule has 4 aliphatic rings. The third kappa shape index (κ3) is 1.76. The molecule has 2 N–H and O–H groups in total. The van der Waals surface area contributed by atoms with Crippen molar-refractivity contribution in [2.75, 3.05) is 0 Å². The fourth-order valence-corrected chi connectivity index (χ4v) is 6.62. The lowest BCUT2D eigenvalue weighted by molar-refractivity contribution is -0.120. The maximum atomic E-state index is 10.5. The highest BCUT2D eigenvalue weighted by Gasteiger charge is 2.59. The number of fused-ring (bicyclic) bond motifs is 5. The standard InChI is InChI=1S/C20H30O2/c1-12-10-13-11-14(21)6-8-19(13,2)16-7-9-20(3)15(18(12)16)4-5-17(20)22/h4-5,11-13,15-18,21-22H,6-10H2,1-3H3/t12?,13?,15-,16+,17?,18-,19-,20-/m0/s1. The molecule has 0 saturated heterocycles. The van der Waals surface area contributed by atoms with Crippen LogP contribution in [0.4, 0.5) is 0 Å². The van der Waals surface area contributed by atoms with Crippen LogP contribution < -0.4 is 0 Å². The third-order valence-corrected chi connectivity index (χ3v) is 8.10. The van der Waals surface area contributed by atoms with Crippen LogP contribution in [0.15, 0.2) is 24.0 Å². The molecule has 2 saturated carbocycles. The average molecular weight is 302 g/mol. The van der Waals surface area contributed by atoms with Crippen LogP contribution in [0.25, 0.3) is 0 Å². The first-order chi connectivity index (χ1) is 10.4. The minimum atomic E-state index is -0.258. The quantitative estimate of drug-likeness (QED) is 0.648. The van der Waals surface area contributed by atoms with E-state index in [2.05, 4.69) is 39.0 Å². The number of allylic oxidation sites excluding steroid dienone is 3. The van der Waals surface area contributed by atoms with Gasteiger partial charge in [0.2, 0.25) is 0 Å². The Kier molecular flexibility index (Phi) is 3.11. The summed E-state index contributed by atoms with van der Waals surface area (Å²) >= 11 is 0. The van der Waals surface area contributed by atoms with Gasteiger partial charge in [-0.25, -0.2) is 0 Å². The molecule has 0 aromatic heterocycles. The summed E-state index contributed by atoms with van der Waals surface area (Å²) in [6.07, 6.45) is 11.8. The van der Waals surface area contributed by atoms with E-state index in [1.807, 2.05) is 0 Å². The monoisotopic (exact) mass is 302 g/mol. The molecule has 122 valence electrons. The van der Waals surface area contributed by atoms with E-state index in [9.17, 15) is 10.2 Å². The summed E-state index contributed by atoms with van der Waals surface area (Å²) in [5, 5.41) is 20.4. The van der Waals surface area contributed by atoms with Crippen LogP contribution in [-0.2, 0) is 0 Å². The Morgan fingerprint density at radius 1 is 1.14 bits per heavy atom. The Morgan fingerprint density at radius 3 is 2.68 bits per heavy atom. The van der Waals surface area contributed by atoms with Gasteiger partial charge in [0.25, 0.3) is 0 Å². The minimum absolute atomic E-state index is 0.0608. The van der Waals surface area contributed by atoms with Crippen molar-refractivity contribution in [3.63, 3.8) is 0 Å². The van der Waals surface area contributed by atoms with Gasteiger partial charge < -0.3 is 10.2 Å². The molecule has 0 aromatic carbocycles. The predicted octanol–water partition coefficient (Wildman–Crippen LogP) is 4.46. The van der Waals surface area contributed by atoms with E-state index < -0.39 is 0 Å². The van der Waals surface area contributed by atoms with E-state index in [0.29, 0.717) is 34.8 Å². The van der Waals surface area contributed by atoms with Crippen molar-refractivity contribution in [3.05, 3.63) is 24.0 Å². The number of aliphatic hydroxyl groups is 2. The Morgan fingerprint density at radius 2 is 1.91 bits per heavy atom. The molecule has 8 atom stereocenters. The zero-order chi connectivity index (χ0) is 15.7. The predicted molar refractivity (Wildman–Crippen MR) is 88.3 cm³/mol. The van der Waals surface area contributed by atoms with Crippen LogP contribution >= 0.6 is 0 Å². The van der Waals surface area contributed by atoms with Gasteiger partial charge in [0.15, 0.2) is 0 Å². The smallest absolute Gasteiger partial charge is 0.0886 e. The van der Waals surface area contributed by atoms with Gasteiger partial charge in [-0.1, -0.05) is 32.9 Å². The van der Waals surface area contributed by atoms with Crippen LogP contribution in [-0.4, -0.2) is 16.3 Å². The summed E-state index contributed by atoms with van der Waals surface area (Å²) < 4.78 is 0. The average Bonchev–Trinajstić information content (AvgIpc) is 2.77. The Labute approximate surface area is 134 Å². The summed E-state index contributed by atoms with van der Waals surface area (Å²) in [4.78, 5) is 0. The molecule has 0 amide bonds. The second-order valence-electron chi connectivity index (χ2n) is 9.07. The van der Waals surface area contributed by atoms with E-state index in [1.54, 1.807) is 0 Å². The summed E-state index contributed by atoms with van der Waals surface area (Å²) in [5.74, 6) is 3.79. The summed E-state index contributed by atoms with van der Waals surface area (Å²) in [7, 11) is 0. The molecule has 2 nitrogen and oxygen atoms in total. The summed E-state index contributed by atoms with van der Waals surface area (Å²) in [6, 6.07) is 0. The van der Waals surface area contributed by atoms with Gasteiger partial charge in [0.1, 0.15) is 0 Å². The maximum absolute atomic E-state index is 10.5. The summed E-state index contributed by atoms with van der Waals surface area (Å²) in [5.41, 5.74) is 0.400. The fraction of sp³-hybridized carbons (Fsp3) is 0.800. The highest BCUT2D eigenvalue weighted by molar-refractivity contribution is 5.22. The number of hydrogen-bond acceptors (Lipinski definition) is 2. The third-order valence-electron chi connectivity index (χ3n) is 8.10. The molecule has 4 aliphatic carbocycles. The van der Waals surface area contributed by atoms with Crippen LogP contribution in [0.3, 0.4) is 0 Å². The first-order valence-corrected chi connectivity index (χ1v) is 9.12. The van der Waals surface area contributed by atoms with Crippen LogP contribution in [0.2, 0.25) is 0 Å². The van der Waals surface area contributed by atoms with E-state index in [1.165, 1.54) is 12.8 Å². The fourth-order valence-electron chi connectivity index (χ4n) is 6.62. The zero-order valence-electron chi connectivity index (χ0n) is 14.1.